The first-order chi connectivity index (χ1) is 4.70. The summed E-state index contributed by atoms with van der Waals surface area (Å²) >= 11 is 1.45. The van der Waals surface area contributed by atoms with Gasteiger partial charge in [0, 0.05) is 0 Å². The minimum atomic E-state index is 0. The molecule has 0 spiro atoms. The highest BCUT2D eigenvalue weighted by atomic mass is 127. The number of thioether (sulfide) groups is 1. The highest BCUT2D eigenvalue weighted by molar-refractivity contribution is 8.12. The fourth-order valence-electron chi connectivity index (χ4n) is 0.275. The van der Waals surface area contributed by atoms with Gasteiger partial charge in [-0.15, -0.1) is 5.10 Å². The fraction of sp³-hybridized carbons (Fsp3) is 0.667. The third kappa shape index (κ3) is 8.12. The normalized spacial score (nSPS) is 12.6. The van der Waals surface area contributed by atoms with E-state index >= 15 is 0 Å². The summed E-state index contributed by atoms with van der Waals surface area (Å²) in [5.41, 5.74) is 6.49. The Hall–Kier alpha value is 0.220. The number of rotatable bonds is 2. The molecule has 0 aromatic carbocycles. The first-order valence-electron chi connectivity index (χ1n) is 3.16. The van der Waals surface area contributed by atoms with Crippen molar-refractivity contribution in [1.29, 1.82) is 0 Å². The maximum atomic E-state index is 5.44. The Morgan fingerprint density at radius 1 is 1.64 bits per heavy atom. The van der Waals surface area contributed by atoms with Gasteiger partial charge in [-0.05, 0) is 31.4 Å². The van der Waals surface area contributed by atoms with E-state index in [0.29, 0.717) is 5.17 Å². The number of nitrogens with one attached hydrogen (secondary N) is 1. The van der Waals surface area contributed by atoms with Crippen LogP contribution in [0.4, 0.5) is 0 Å². The van der Waals surface area contributed by atoms with Gasteiger partial charge in [0.15, 0.2) is 0 Å². The molecule has 0 saturated heterocycles. The molecule has 0 fully saturated rings. The van der Waals surface area contributed by atoms with E-state index in [-0.39, 0.29) is 24.0 Å². The standard InChI is InChI=1S/C6H13N3S.HI/c1-4-5(2)8-9-6(7)10-3;/h4H2,1-3H3,(H2,7,9);1H. The lowest BCUT2D eigenvalue weighted by Crippen LogP contribution is -3.00. The van der Waals surface area contributed by atoms with Gasteiger partial charge in [-0.3, -0.25) is 5.73 Å². The molecule has 0 aliphatic carbocycles. The Labute approximate surface area is 88.9 Å². The molecule has 0 atom stereocenters. The van der Waals surface area contributed by atoms with Gasteiger partial charge in [0.1, 0.15) is 0 Å². The van der Waals surface area contributed by atoms with Gasteiger partial charge < -0.3 is 24.0 Å². The molecule has 0 radical (unpaired) electrons. The highest BCUT2D eigenvalue weighted by Gasteiger charge is 1.91. The molecule has 0 unspecified atom stereocenters. The number of halogens is 1. The smallest absolute Gasteiger partial charge is 0.326 e. The summed E-state index contributed by atoms with van der Waals surface area (Å²) in [4.78, 5) is 0. The number of hydrogen-bond acceptors (Lipinski definition) is 2. The Balaban J connectivity index is 0. The molecule has 0 aliphatic heterocycles. The summed E-state index contributed by atoms with van der Waals surface area (Å²) in [6, 6.07) is 0. The molecule has 0 heterocycles. The van der Waals surface area contributed by atoms with E-state index in [1.807, 2.05) is 13.2 Å². The predicted octanol–water partition coefficient (Wildman–Crippen LogP) is -3.47. The zero-order valence-corrected chi connectivity index (χ0v) is 9.99. The zero-order chi connectivity index (χ0) is 7.98. The monoisotopic (exact) mass is 287 g/mol. The number of hydrazone groups is 1. The third-order valence-corrected chi connectivity index (χ3v) is 1.62. The van der Waals surface area contributed by atoms with Gasteiger partial charge in [-0.2, -0.15) is 0 Å². The molecular weight excluding hydrogens is 273 g/mol. The van der Waals surface area contributed by atoms with Crippen molar-refractivity contribution in [3.05, 3.63) is 0 Å². The molecule has 0 saturated carbocycles. The molecule has 0 amide bonds. The van der Waals surface area contributed by atoms with Crippen LogP contribution >= 0.6 is 11.8 Å². The van der Waals surface area contributed by atoms with E-state index in [9.17, 15) is 0 Å². The Kier molecular flexibility index (Phi) is 10.4. The Bertz CT molecular complexity index is 138. The molecule has 0 rings (SSSR count). The van der Waals surface area contributed by atoms with Crippen LogP contribution in [0.3, 0.4) is 0 Å². The van der Waals surface area contributed by atoms with Crippen LogP contribution in [0.2, 0.25) is 0 Å². The topological polar surface area (TPSA) is 52.3 Å². The van der Waals surface area contributed by atoms with E-state index < -0.39 is 0 Å². The lowest BCUT2D eigenvalue weighted by molar-refractivity contribution is -0.460. The SMILES string of the molecule is CCC(C)=N[NH+]=C(N)SC.[I-]. The minimum absolute atomic E-state index is 0. The third-order valence-electron chi connectivity index (χ3n) is 1.09. The summed E-state index contributed by atoms with van der Waals surface area (Å²) in [5, 5.41) is 7.36. The minimum Gasteiger partial charge on any atom is -1.00 e. The van der Waals surface area contributed by atoms with Crippen LogP contribution in [-0.4, -0.2) is 17.1 Å². The molecule has 11 heavy (non-hydrogen) atoms. The van der Waals surface area contributed by atoms with Crippen LogP contribution in [0.15, 0.2) is 5.10 Å². The van der Waals surface area contributed by atoms with Crippen molar-refractivity contribution < 1.29 is 29.1 Å². The quantitative estimate of drug-likeness (QED) is 0.240. The second-order valence-electron chi connectivity index (χ2n) is 1.88. The largest absolute Gasteiger partial charge is 1.00 e. The molecule has 0 aliphatic rings. The molecule has 5 heteroatoms. The first-order valence-corrected chi connectivity index (χ1v) is 4.38. The molecular formula is C6H14IN3S. The van der Waals surface area contributed by atoms with Crippen LogP contribution in [-0.2, 0) is 0 Å². The predicted molar refractivity (Wildman–Crippen MR) is 47.1 cm³/mol. The van der Waals surface area contributed by atoms with Crippen LogP contribution in [0.1, 0.15) is 20.3 Å². The van der Waals surface area contributed by atoms with Gasteiger partial charge >= 0.3 is 5.17 Å². The number of nitrogens with zero attached hydrogens (tertiary/aromatic N) is 1. The summed E-state index contributed by atoms with van der Waals surface area (Å²) < 4.78 is 0. The highest BCUT2D eigenvalue weighted by Crippen LogP contribution is 1.81. The fourth-order valence-corrected chi connectivity index (χ4v) is 0.412. The van der Waals surface area contributed by atoms with E-state index in [2.05, 4.69) is 17.1 Å². The number of amidine groups is 1. The van der Waals surface area contributed by atoms with Crippen LogP contribution in [0.5, 0.6) is 0 Å². The first kappa shape index (κ1) is 13.8. The Morgan fingerprint density at radius 3 is 2.55 bits per heavy atom. The molecule has 0 bridgehead atoms. The number of nitrogens with two attached hydrogens (primary N) is 1. The van der Waals surface area contributed by atoms with E-state index in [1.54, 1.807) is 0 Å². The van der Waals surface area contributed by atoms with Gasteiger partial charge in [0.25, 0.3) is 0 Å². The molecule has 0 aromatic heterocycles. The van der Waals surface area contributed by atoms with Gasteiger partial charge in [0.05, 0.1) is 5.71 Å². The van der Waals surface area contributed by atoms with Gasteiger partial charge in [0.2, 0.25) is 0 Å². The molecule has 3 N–H and O–H groups in total. The van der Waals surface area contributed by atoms with Crippen LogP contribution in [0, 0.1) is 0 Å². The van der Waals surface area contributed by atoms with Gasteiger partial charge in [-0.25, -0.2) is 0 Å². The molecule has 3 nitrogen and oxygen atoms in total. The van der Waals surface area contributed by atoms with Crippen LogP contribution in [0.25, 0.3) is 0 Å². The average Bonchev–Trinajstić information content (AvgIpc) is 1.99. The lowest BCUT2D eigenvalue weighted by atomic mass is 10.3. The maximum absolute atomic E-state index is 5.44. The van der Waals surface area contributed by atoms with Crippen molar-refractivity contribution >= 4 is 22.6 Å². The van der Waals surface area contributed by atoms with Crippen molar-refractivity contribution in [1.82, 2.24) is 0 Å². The van der Waals surface area contributed by atoms with Crippen LogP contribution < -0.4 is 34.8 Å². The summed E-state index contributed by atoms with van der Waals surface area (Å²) in [6.45, 7) is 4.01. The Morgan fingerprint density at radius 2 is 2.18 bits per heavy atom. The molecule has 0 aromatic rings. The van der Waals surface area contributed by atoms with Crippen molar-refractivity contribution in [2.24, 2.45) is 10.8 Å². The molecule has 66 valence electrons. The lowest BCUT2D eigenvalue weighted by Gasteiger charge is -1.86. The summed E-state index contributed by atoms with van der Waals surface area (Å²) in [6.07, 6.45) is 2.85. The van der Waals surface area contributed by atoms with Gasteiger partial charge in [-0.1, -0.05) is 12.0 Å². The summed E-state index contributed by atoms with van der Waals surface area (Å²) in [5.74, 6) is 0. The average molecular weight is 287 g/mol. The van der Waals surface area contributed by atoms with E-state index in [0.717, 1.165) is 12.1 Å². The zero-order valence-electron chi connectivity index (χ0n) is 7.02. The summed E-state index contributed by atoms with van der Waals surface area (Å²) in [7, 11) is 0. The second-order valence-corrected chi connectivity index (χ2v) is 2.73. The van der Waals surface area contributed by atoms with Crippen molar-refractivity contribution in [2.75, 3.05) is 6.26 Å². The van der Waals surface area contributed by atoms with Crippen molar-refractivity contribution in [3.63, 3.8) is 0 Å². The number of hydrogen-bond donors (Lipinski definition) is 2. The van der Waals surface area contributed by atoms with E-state index in [4.69, 9.17) is 5.73 Å². The second kappa shape index (κ2) is 8.32. The van der Waals surface area contributed by atoms with Crippen molar-refractivity contribution in [2.45, 2.75) is 20.3 Å². The maximum Gasteiger partial charge on any atom is 0.326 e. The van der Waals surface area contributed by atoms with E-state index in [1.165, 1.54) is 11.8 Å². The van der Waals surface area contributed by atoms with Crippen molar-refractivity contribution in [3.8, 4) is 0 Å².